The molecule has 2 aromatic heterocycles. The van der Waals surface area contributed by atoms with Crippen molar-refractivity contribution < 1.29 is 19.1 Å². The lowest BCUT2D eigenvalue weighted by molar-refractivity contribution is 0.0600. The summed E-state index contributed by atoms with van der Waals surface area (Å²) in [6, 6.07) is 22.8. The van der Waals surface area contributed by atoms with Gasteiger partial charge in [-0.1, -0.05) is 30.3 Å². The first-order valence-corrected chi connectivity index (χ1v) is 11.0. The molecule has 2 N–H and O–H groups in total. The Morgan fingerprint density at radius 2 is 1.82 bits per heavy atom. The van der Waals surface area contributed by atoms with Gasteiger partial charge >= 0.3 is 5.97 Å². The maximum Gasteiger partial charge on any atom is 0.337 e. The predicted octanol–water partition coefficient (Wildman–Crippen LogP) is 5.01. The van der Waals surface area contributed by atoms with E-state index in [1.54, 1.807) is 30.5 Å². The molecule has 34 heavy (non-hydrogen) atoms. The van der Waals surface area contributed by atoms with Crippen molar-refractivity contribution in [3.05, 3.63) is 102 Å². The Labute approximate surface area is 201 Å². The molecule has 1 saturated heterocycles. The van der Waals surface area contributed by atoms with Crippen molar-refractivity contribution in [1.29, 1.82) is 0 Å². The summed E-state index contributed by atoms with van der Waals surface area (Å²) < 4.78 is 11.1. The van der Waals surface area contributed by atoms with Crippen molar-refractivity contribution in [3.63, 3.8) is 0 Å². The zero-order chi connectivity index (χ0) is 23.7. The van der Waals surface area contributed by atoms with Crippen molar-refractivity contribution >= 4 is 29.0 Å². The summed E-state index contributed by atoms with van der Waals surface area (Å²) >= 11 is 5.68. The van der Waals surface area contributed by atoms with Crippen LogP contribution in [0.25, 0.3) is 11.3 Å². The van der Waals surface area contributed by atoms with Gasteiger partial charge in [0.05, 0.1) is 30.1 Å². The Bertz CT molecular complexity index is 1340. The number of aromatic hydroxyl groups is 1. The Kier molecular flexibility index (Phi) is 5.73. The summed E-state index contributed by atoms with van der Waals surface area (Å²) in [5.41, 5.74) is 2.65. The third kappa shape index (κ3) is 3.88. The topological polar surface area (TPSA) is 87.8 Å². The molecule has 3 heterocycles. The summed E-state index contributed by atoms with van der Waals surface area (Å²) in [4.78, 5) is 18.1. The van der Waals surface area contributed by atoms with E-state index in [0.717, 1.165) is 11.3 Å². The lowest BCUT2D eigenvalue weighted by Crippen LogP contribution is -2.29. The molecule has 170 valence electrons. The van der Waals surface area contributed by atoms with E-state index < -0.39 is 12.0 Å². The van der Waals surface area contributed by atoms with Gasteiger partial charge in [0.15, 0.2) is 5.11 Å². The highest BCUT2D eigenvalue weighted by Gasteiger charge is 2.43. The second-order valence-electron chi connectivity index (χ2n) is 7.76. The first-order chi connectivity index (χ1) is 16.6. The minimum Gasteiger partial charge on any atom is -0.506 e. The average Bonchev–Trinajstić information content (AvgIpc) is 3.49. The van der Waals surface area contributed by atoms with Crippen molar-refractivity contribution in [2.24, 2.45) is 0 Å². The third-order valence-electron chi connectivity index (χ3n) is 5.75. The van der Waals surface area contributed by atoms with Crippen LogP contribution in [0.5, 0.6) is 5.75 Å². The van der Waals surface area contributed by atoms with Crippen LogP contribution in [0.4, 0.5) is 5.69 Å². The molecule has 0 saturated carbocycles. The van der Waals surface area contributed by atoms with Crippen LogP contribution in [0, 0.1) is 0 Å². The molecule has 1 aliphatic rings. The fourth-order valence-corrected chi connectivity index (χ4v) is 4.47. The average molecular weight is 472 g/mol. The molecular weight excluding hydrogens is 450 g/mol. The number of furan rings is 1. The number of aromatic nitrogens is 1. The first kappa shape index (κ1) is 21.7. The van der Waals surface area contributed by atoms with Gasteiger partial charge in [-0.15, -0.1) is 0 Å². The number of pyridine rings is 1. The van der Waals surface area contributed by atoms with Crippen LogP contribution < -0.4 is 10.2 Å². The first-order valence-electron chi connectivity index (χ1n) is 10.6. The van der Waals surface area contributed by atoms with E-state index in [9.17, 15) is 9.90 Å². The Hall–Kier alpha value is -4.17. The van der Waals surface area contributed by atoms with E-state index in [1.807, 2.05) is 59.5 Å². The summed E-state index contributed by atoms with van der Waals surface area (Å²) in [7, 11) is 1.35. The standard InChI is InChI=1S/C26H21N3O4S/c1-32-25(31)17-11-9-16(10-12-17)21-13-14-22(33-21)24-23(18-6-4-5-15-27-18)28-26(34)29(24)19-7-2-3-8-20(19)30/h2-15,23-24,30H,1H3,(H,28,34). The van der Waals surface area contributed by atoms with Crippen molar-refractivity contribution in [2.75, 3.05) is 12.0 Å². The maximum absolute atomic E-state index is 11.7. The van der Waals surface area contributed by atoms with E-state index in [2.05, 4.69) is 10.3 Å². The van der Waals surface area contributed by atoms with Crippen LogP contribution in [0.2, 0.25) is 0 Å². The minimum atomic E-state index is -0.395. The number of phenols is 1. The molecular formula is C26H21N3O4S. The van der Waals surface area contributed by atoms with Gasteiger partial charge < -0.3 is 24.5 Å². The molecule has 2 aromatic carbocycles. The lowest BCUT2D eigenvalue weighted by atomic mass is 10.0. The van der Waals surface area contributed by atoms with E-state index in [0.29, 0.717) is 27.9 Å². The number of para-hydroxylation sites is 2. The largest absolute Gasteiger partial charge is 0.506 e. The van der Waals surface area contributed by atoms with E-state index in [-0.39, 0.29) is 11.8 Å². The molecule has 0 aliphatic carbocycles. The van der Waals surface area contributed by atoms with Gasteiger partial charge in [-0.2, -0.15) is 0 Å². The number of nitrogens with one attached hydrogen (secondary N) is 1. The Morgan fingerprint density at radius 1 is 1.06 bits per heavy atom. The molecule has 1 fully saturated rings. The quantitative estimate of drug-likeness (QED) is 0.310. The minimum absolute atomic E-state index is 0.114. The highest BCUT2D eigenvalue weighted by Crippen LogP contribution is 2.45. The van der Waals surface area contributed by atoms with Crippen LogP contribution in [-0.4, -0.2) is 28.3 Å². The normalized spacial score (nSPS) is 17.4. The van der Waals surface area contributed by atoms with Crippen molar-refractivity contribution in [3.8, 4) is 17.1 Å². The van der Waals surface area contributed by atoms with Crippen LogP contribution in [0.15, 0.2) is 89.5 Å². The number of carbonyl (C=O) groups is 1. The molecule has 0 radical (unpaired) electrons. The van der Waals surface area contributed by atoms with Crippen molar-refractivity contribution in [1.82, 2.24) is 10.3 Å². The van der Waals surface area contributed by atoms with Gasteiger partial charge in [-0.05, 0) is 60.7 Å². The number of benzene rings is 2. The Balaban J connectivity index is 1.56. The van der Waals surface area contributed by atoms with E-state index >= 15 is 0 Å². The summed E-state index contributed by atoms with van der Waals surface area (Å²) in [5.74, 6) is 1.01. The molecule has 2 atom stereocenters. The molecule has 8 heteroatoms. The summed E-state index contributed by atoms with van der Waals surface area (Å²) in [6.07, 6.45) is 1.73. The molecule has 0 amide bonds. The molecule has 5 rings (SSSR count). The van der Waals surface area contributed by atoms with Crippen LogP contribution in [0.1, 0.15) is 33.9 Å². The molecule has 4 aromatic rings. The number of anilines is 1. The highest BCUT2D eigenvalue weighted by molar-refractivity contribution is 7.80. The summed E-state index contributed by atoms with van der Waals surface area (Å²) in [6.45, 7) is 0. The lowest BCUT2D eigenvalue weighted by Gasteiger charge is -2.26. The number of rotatable bonds is 5. The Morgan fingerprint density at radius 3 is 2.53 bits per heavy atom. The zero-order valence-corrected chi connectivity index (χ0v) is 19.0. The predicted molar refractivity (Wildman–Crippen MR) is 132 cm³/mol. The number of nitrogens with zero attached hydrogens (tertiary/aromatic N) is 2. The smallest absolute Gasteiger partial charge is 0.337 e. The SMILES string of the molecule is COC(=O)c1ccc(-c2ccc(C3C(c4ccccn4)NC(=S)N3c3ccccc3O)o2)cc1. The molecule has 0 bridgehead atoms. The van der Waals surface area contributed by atoms with Gasteiger partial charge in [0.2, 0.25) is 0 Å². The number of carbonyl (C=O) groups excluding carboxylic acids is 1. The molecule has 2 unspecified atom stereocenters. The molecule has 1 aliphatic heterocycles. The fraction of sp³-hybridized carbons (Fsp3) is 0.115. The second kappa shape index (κ2) is 8.99. The number of ether oxygens (including phenoxy) is 1. The number of phenolic OH excluding ortho intramolecular Hbond substituents is 1. The monoisotopic (exact) mass is 471 g/mol. The zero-order valence-electron chi connectivity index (χ0n) is 18.2. The van der Waals surface area contributed by atoms with Gasteiger partial charge in [-0.3, -0.25) is 4.98 Å². The number of methoxy groups -OCH3 is 1. The molecule has 7 nitrogen and oxygen atoms in total. The van der Waals surface area contributed by atoms with Gasteiger partial charge in [-0.25, -0.2) is 4.79 Å². The highest BCUT2D eigenvalue weighted by atomic mass is 32.1. The van der Waals surface area contributed by atoms with Crippen LogP contribution in [-0.2, 0) is 4.74 Å². The van der Waals surface area contributed by atoms with Crippen LogP contribution in [0.3, 0.4) is 0 Å². The maximum atomic E-state index is 11.7. The van der Waals surface area contributed by atoms with Gasteiger partial charge in [0, 0.05) is 11.8 Å². The van der Waals surface area contributed by atoms with Crippen molar-refractivity contribution in [2.45, 2.75) is 12.1 Å². The third-order valence-corrected chi connectivity index (χ3v) is 6.06. The molecule has 0 spiro atoms. The number of hydrogen-bond donors (Lipinski definition) is 2. The van der Waals surface area contributed by atoms with E-state index in [4.69, 9.17) is 21.4 Å². The van der Waals surface area contributed by atoms with Gasteiger partial charge in [0.1, 0.15) is 23.3 Å². The number of hydrogen-bond acceptors (Lipinski definition) is 6. The van der Waals surface area contributed by atoms with Crippen LogP contribution >= 0.6 is 12.2 Å². The number of esters is 1. The summed E-state index contributed by atoms with van der Waals surface area (Å²) in [5, 5.41) is 14.4. The van der Waals surface area contributed by atoms with E-state index in [1.165, 1.54) is 7.11 Å². The fourth-order valence-electron chi connectivity index (χ4n) is 4.13. The van der Waals surface area contributed by atoms with Gasteiger partial charge in [0.25, 0.3) is 0 Å². The number of thiocarbonyl (C=S) groups is 1. The second-order valence-corrected chi connectivity index (χ2v) is 8.14.